The van der Waals surface area contributed by atoms with E-state index in [9.17, 15) is 9.18 Å². The number of para-hydroxylation sites is 1. The van der Waals surface area contributed by atoms with Crippen molar-refractivity contribution in [1.29, 1.82) is 0 Å². The van der Waals surface area contributed by atoms with Gasteiger partial charge in [-0.15, -0.1) is 24.0 Å². The van der Waals surface area contributed by atoms with Crippen LogP contribution in [-0.2, 0) is 4.79 Å². The Morgan fingerprint density at radius 1 is 1.39 bits per heavy atom. The molecular formula is C20H32FIN4O2. The summed E-state index contributed by atoms with van der Waals surface area (Å²) in [4.78, 5) is 18.4. The summed E-state index contributed by atoms with van der Waals surface area (Å²) in [5.41, 5.74) is 0. The van der Waals surface area contributed by atoms with Crippen LogP contribution in [0.1, 0.15) is 33.1 Å². The first-order valence-electron chi connectivity index (χ1n) is 9.63. The maximum Gasteiger partial charge on any atom is 0.224 e. The van der Waals surface area contributed by atoms with Gasteiger partial charge in [0.1, 0.15) is 6.10 Å². The SMILES string of the molecule is CN=C(NCCC(=O)N1CCCC(C)C1)NCC(C)Oc1ccccc1F.I. The van der Waals surface area contributed by atoms with Crippen LogP contribution in [0.3, 0.4) is 0 Å². The largest absolute Gasteiger partial charge is 0.486 e. The molecule has 0 saturated carbocycles. The van der Waals surface area contributed by atoms with Crippen molar-refractivity contribution in [3.8, 4) is 5.75 Å². The molecule has 0 spiro atoms. The van der Waals surface area contributed by atoms with Gasteiger partial charge in [-0.05, 0) is 37.8 Å². The van der Waals surface area contributed by atoms with Crippen molar-refractivity contribution < 1.29 is 13.9 Å². The maximum atomic E-state index is 13.6. The van der Waals surface area contributed by atoms with Crippen LogP contribution in [0.2, 0.25) is 0 Å². The zero-order valence-electron chi connectivity index (χ0n) is 16.9. The van der Waals surface area contributed by atoms with Gasteiger partial charge >= 0.3 is 0 Å². The van der Waals surface area contributed by atoms with E-state index in [1.807, 2.05) is 11.8 Å². The molecule has 1 aromatic carbocycles. The van der Waals surface area contributed by atoms with Gasteiger partial charge in [-0.1, -0.05) is 19.1 Å². The van der Waals surface area contributed by atoms with E-state index in [0.717, 1.165) is 19.5 Å². The molecule has 2 N–H and O–H groups in total. The van der Waals surface area contributed by atoms with Crippen LogP contribution >= 0.6 is 24.0 Å². The molecule has 158 valence electrons. The Morgan fingerprint density at radius 2 is 2.14 bits per heavy atom. The number of ether oxygens (including phenoxy) is 1. The number of hydrogen-bond acceptors (Lipinski definition) is 3. The first kappa shape index (κ1) is 24.5. The summed E-state index contributed by atoms with van der Waals surface area (Å²) in [5, 5.41) is 6.28. The van der Waals surface area contributed by atoms with Gasteiger partial charge in [0.15, 0.2) is 17.5 Å². The lowest BCUT2D eigenvalue weighted by Crippen LogP contribution is -2.44. The molecule has 1 amide bonds. The molecule has 1 aliphatic rings. The Labute approximate surface area is 184 Å². The van der Waals surface area contributed by atoms with E-state index < -0.39 is 0 Å². The molecule has 6 nitrogen and oxygen atoms in total. The number of carbonyl (C=O) groups is 1. The minimum Gasteiger partial charge on any atom is -0.486 e. The molecule has 0 radical (unpaired) electrons. The Kier molecular flexibility index (Phi) is 11.2. The first-order chi connectivity index (χ1) is 13.0. The second kappa shape index (κ2) is 12.8. The molecule has 2 rings (SSSR count). The fourth-order valence-corrected chi connectivity index (χ4v) is 3.12. The number of rotatable bonds is 7. The van der Waals surface area contributed by atoms with Crippen molar-refractivity contribution in [3.63, 3.8) is 0 Å². The van der Waals surface area contributed by atoms with Crippen LogP contribution in [0.5, 0.6) is 5.75 Å². The monoisotopic (exact) mass is 506 g/mol. The molecule has 28 heavy (non-hydrogen) atoms. The van der Waals surface area contributed by atoms with Gasteiger partial charge < -0.3 is 20.3 Å². The highest BCUT2D eigenvalue weighted by Crippen LogP contribution is 2.17. The van der Waals surface area contributed by atoms with Gasteiger partial charge in [0, 0.05) is 33.1 Å². The van der Waals surface area contributed by atoms with Crippen LogP contribution in [0, 0.1) is 11.7 Å². The molecule has 2 atom stereocenters. The van der Waals surface area contributed by atoms with Crippen LogP contribution in [-0.4, -0.2) is 56.1 Å². The Bertz CT molecular complexity index is 644. The first-order valence-corrected chi connectivity index (χ1v) is 9.63. The molecule has 1 fully saturated rings. The number of likely N-dealkylation sites (tertiary alicyclic amines) is 1. The van der Waals surface area contributed by atoms with Crippen molar-refractivity contribution >= 4 is 35.8 Å². The third kappa shape index (κ3) is 8.20. The molecule has 1 aliphatic heterocycles. The van der Waals surface area contributed by atoms with Crippen LogP contribution in [0.15, 0.2) is 29.3 Å². The lowest BCUT2D eigenvalue weighted by Gasteiger charge is -2.31. The van der Waals surface area contributed by atoms with Gasteiger partial charge in [-0.3, -0.25) is 9.79 Å². The summed E-state index contributed by atoms with van der Waals surface area (Å²) in [5.74, 6) is 1.22. The Morgan fingerprint density at radius 3 is 2.82 bits per heavy atom. The highest BCUT2D eigenvalue weighted by molar-refractivity contribution is 14.0. The number of piperidine rings is 1. The number of nitrogens with one attached hydrogen (secondary N) is 2. The lowest BCUT2D eigenvalue weighted by molar-refractivity contribution is -0.132. The highest BCUT2D eigenvalue weighted by Gasteiger charge is 2.20. The van der Waals surface area contributed by atoms with E-state index in [1.54, 1.807) is 25.2 Å². The minimum absolute atomic E-state index is 0. The van der Waals surface area contributed by atoms with Crippen molar-refractivity contribution in [3.05, 3.63) is 30.1 Å². The second-order valence-electron chi connectivity index (χ2n) is 7.08. The van der Waals surface area contributed by atoms with E-state index in [0.29, 0.717) is 31.4 Å². The highest BCUT2D eigenvalue weighted by atomic mass is 127. The zero-order chi connectivity index (χ0) is 19.6. The molecule has 0 aliphatic carbocycles. The molecule has 1 heterocycles. The van der Waals surface area contributed by atoms with Crippen LogP contribution in [0.25, 0.3) is 0 Å². The number of aliphatic imine (C=N–C) groups is 1. The molecule has 1 saturated heterocycles. The summed E-state index contributed by atoms with van der Waals surface area (Å²) < 4.78 is 19.2. The number of halogens is 2. The molecule has 0 bridgehead atoms. The van der Waals surface area contributed by atoms with Crippen molar-refractivity contribution in [2.45, 2.75) is 39.2 Å². The second-order valence-corrected chi connectivity index (χ2v) is 7.08. The average molecular weight is 506 g/mol. The topological polar surface area (TPSA) is 66.0 Å². The molecule has 1 aromatic rings. The minimum atomic E-state index is -0.377. The summed E-state index contributed by atoms with van der Waals surface area (Å²) in [7, 11) is 1.67. The number of guanidine groups is 1. The predicted molar refractivity (Wildman–Crippen MR) is 121 cm³/mol. The maximum absolute atomic E-state index is 13.6. The lowest BCUT2D eigenvalue weighted by atomic mass is 10.00. The Balaban J connectivity index is 0.00000392. The third-order valence-electron chi connectivity index (χ3n) is 4.59. The average Bonchev–Trinajstić information content (AvgIpc) is 2.66. The fourth-order valence-electron chi connectivity index (χ4n) is 3.12. The smallest absolute Gasteiger partial charge is 0.224 e. The van der Waals surface area contributed by atoms with E-state index in [2.05, 4.69) is 22.5 Å². The van der Waals surface area contributed by atoms with Crippen molar-refractivity contribution in [2.75, 3.05) is 33.2 Å². The molecular weight excluding hydrogens is 474 g/mol. The summed E-state index contributed by atoms with van der Waals surface area (Å²) in [6, 6.07) is 6.34. The number of carbonyl (C=O) groups excluding carboxylic acids is 1. The number of benzene rings is 1. The van der Waals surface area contributed by atoms with E-state index in [4.69, 9.17) is 4.74 Å². The Hall–Kier alpha value is -1.58. The normalized spacial score (nSPS) is 18.1. The zero-order valence-corrected chi connectivity index (χ0v) is 19.2. The molecule has 8 heteroatoms. The number of nitrogens with zero attached hydrogens (tertiary/aromatic N) is 2. The van der Waals surface area contributed by atoms with E-state index >= 15 is 0 Å². The summed E-state index contributed by atoms with van der Waals surface area (Å²) >= 11 is 0. The van der Waals surface area contributed by atoms with Crippen LogP contribution in [0.4, 0.5) is 4.39 Å². The van der Waals surface area contributed by atoms with E-state index in [1.165, 1.54) is 12.5 Å². The number of hydrogen-bond donors (Lipinski definition) is 2. The van der Waals surface area contributed by atoms with Gasteiger partial charge in [-0.25, -0.2) is 4.39 Å². The van der Waals surface area contributed by atoms with Gasteiger partial charge in [0.05, 0.1) is 6.54 Å². The molecule has 0 aromatic heterocycles. The quantitative estimate of drug-likeness (QED) is 0.339. The van der Waals surface area contributed by atoms with Gasteiger partial charge in [-0.2, -0.15) is 0 Å². The van der Waals surface area contributed by atoms with E-state index in [-0.39, 0.29) is 47.6 Å². The van der Waals surface area contributed by atoms with Gasteiger partial charge in [0.2, 0.25) is 5.91 Å². The summed E-state index contributed by atoms with van der Waals surface area (Å²) in [6.45, 7) is 6.75. The van der Waals surface area contributed by atoms with Gasteiger partial charge in [0.25, 0.3) is 0 Å². The van der Waals surface area contributed by atoms with Crippen LogP contribution < -0.4 is 15.4 Å². The number of amides is 1. The fraction of sp³-hybridized carbons (Fsp3) is 0.600. The standard InChI is InChI=1S/C20H31FN4O2.HI/c1-15-7-6-12-25(14-15)19(26)10-11-23-20(22-3)24-13-16(2)27-18-9-5-4-8-17(18)21;/h4-5,8-9,15-16H,6-7,10-14H2,1-3H3,(H2,22,23,24);1H. The molecule has 2 unspecified atom stereocenters. The van der Waals surface area contributed by atoms with Crippen molar-refractivity contribution in [1.82, 2.24) is 15.5 Å². The van der Waals surface area contributed by atoms with Crippen molar-refractivity contribution in [2.24, 2.45) is 10.9 Å². The predicted octanol–water partition coefficient (Wildman–Crippen LogP) is 3.02. The summed E-state index contributed by atoms with van der Waals surface area (Å²) in [6.07, 6.45) is 2.49. The third-order valence-corrected chi connectivity index (χ3v) is 4.59.